The van der Waals surface area contributed by atoms with E-state index >= 15 is 0 Å². The summed E-state index contributed by atoms with van der Waals surface area (Å²) in [6.07, 6.45) is 1.17. The van der Waals surface area contributed by atoms with Crippen LogP contribution < -0.4 is 10.6 Å². The fourth-order valence-electron chi connectivity index (χ4n) is 4.25. The Morgan fingerprint density at radius 3 is 2.50 bits per heavy atom. The largest absolute Gasteiger partial charge is 0.453 e. The van der Waals surface area contributed by atoms with Gasteiger partial charge in [-0.15, -0.1) is 0 Å². The molecule has 6 nitrogen and oxygen atoms in total. The molecule has 8 heteroatoms. The van der Waals surface area contributed by atoms with Crippen LogP contribution in [-0.2, 0) is 20.7 Å². The van der Waals surface area contributed by atoms with E-state index in [0.29, 0.717) is 35.9 Å². The van der Waals surface area contributed by atoms with Gasteiger partial charge in [-0.2, -0.15) is 0 Å². The van der Waals surface area contributed by atoms with Crippen molar-refractivity contribution in [2.24, 2.45) is 5.92 Å². The van der Waals surface area contributed by atoms with E-state index in [1.807, 2.05) is 19.1 Å². The fourth-order valence-corrected chi connectivity index (χ4v) is 4.37. The van der Waals surface area contributed by atoms with Crippen LogP contribution in [0.15, 0.2) is 42.5 Å². The summed E-state index contributed by atoms with van der Waals surface area (Å²) in [5.74, 6) is -1.10. The van der Waals surface area contributed by atoms with Crippen molar-refractivity contribution in [2.45, 2.75) is 38.1 Å². The number of ether oxygens (including phenoxy) is 2. The Labute approximate surface area is 192 Å². The van der Waals surface area contributed by atoms with Crippen LogP contribution in [0.2, 0.25) is 5.02 Å². The average Bonchev–Trinajstić information content (AvgIpc) is 2.80. The molecule has 2 aromatic rings. The minimum atomic E-state index is -0.945. The molecule has 0 aliphatic carbocycles. The Balaban J connectivity index is 1.99. The first-order valence-electron chi connectivity index (χ1n) is 10.7. The molecule has 2 N–H and O–H groups in total. The monoisotopic (exact) mass is 462 g/mol. The van der Waals surface area contributed by atoms with Crippen LogP contribution in [0.25, 0.3) is 0 Å². The summed E-state index contributed by atoms with van der Waals surface area (Å²) in [5.41, 5.74) is 1.66. The molecule has 0 radical (unpaired) electrons. The van der Waals surface area contributed by atoms with Crippen molar-refractivity contribution in [1.29, 1.82) is 0 Å². The molecule has 1 aliphatic heterocycles. The van der Waals surface area contributed by atoms with Crippen LogP contribution >= 0.6 is 11.6 Å². The lowest BCUT2D eigenvalue weighted by molar-refractivity contribution is -0.119. The molecule has 32 heavy (non-hydrogen) atoms. The van der Waals surface area contributed by atoms with Crippen molar-refractivity contribution in [3.63, 3.8) is 0 Å². The summed E-state index contributed by atoms with van der Waals surface area (Å²) in [4.78, 5) is 25.7. The minimum Gasteiger partial charge on any atom is -0.453 e. The van der Waals surface area contributed by atoms with Gasteiger partial charge in [0.2, 0.25) is 5.91 Å². The zero-order valence-corrected chi connectivity index (χ0v) is 19.0. The molecule has 0 unspecified atom stereocenters. The fraction of sp³-hybridized carbons (Fsp3) is 0.417. The van der Waals surface area contributed by atoms with Crippen LogP contribution in [0.1, 0.15) is 36.8 Å². The predicted molar refractivity (Wildman–Crippen MR) is 121 cm³/mol. The summed E-state index contributed by atoms with van der Waals surface area (Å²) < 4.78 is 24.6. The molecule has 172 valence electrons. The average molecular weight is 463 g/mol. The second-order valence-electron chi connectivity index (χ2n) is 7.75. The third-order valence-corrected chi connectivity index (χ3v) is 6.11. The van der Waals surface area contributed by atoms with Gasteiger partial charge in [-0.3, -0.25) is 4.79 Å². The summed E-state index contributed by atoms with van der Waals surface area (Å²) in [5, 5.41) is 6.11. The van der Waals surface area contributed by atoms with E-state index in [2.05, 4.69) is 10.6 Å². The topological polar surface area (TPSA) is 76.7 Å². The highest BCUT2D eigenvalue weighted by Crippen LogP contribution is 2.36. The molecule has 1 aliphatic rings. The SMILES string of the molecule is CCc1c(F)cccc1NC(=O)[C@@H](NC(=O)OC)[C@@H](c1ccc(Cl)cc1)C1CCOCC1. The molecule has 1 fully saturated rings. The Hall–Kier alpha value is -2.64. The van der Waals surface area contributed by atoms with E-state index in [0.717, 1.165) is 18.4 Å². The molecule has 3 rings (SSSR count). The highest BCUT2D eigenvalue weighted by molar-refractivity contribution is 6.30. The number of halogens is 2. The molecular formula is C24H28ClFN2O4. The van der Waals surface area contributed by atoms with Gasteiger partial charge in [-0.25, -0.2) is 9.18 Å². The molecule has 0 aromatic heterocycles. The van der Waals surface area contributed by atoms with Crippen LogP contribution in [0.3, 0.4) is 0 Å². The van der Waals surface area contributed by atoms with Crippen molar-refractivity contribution < 1.29 is 23.5 Å². The maximum absolute atomic E-state index is 14.3. The molecule has 0 saturated carbocycles. The van der Waals surface area contributed by atoms with E-state index < -0.39 is 18.0 Å². The first kappa shape index (κ1) is 24.0. The van der Waals surface area contributed by atoms with Crippen molar-refractivity contribution in [3.8, 4) is 0 Å². The first-order valence-corrected chi connectivity index (χ1v) is 11.1. The Morgan fingerprint density at radius 1 is 1.19 bits per heavy atom. The van der Waals surface area contributed by atoms with E-state index in [9.17, 15) is 14.0 Å². The maximum atomic E-state index is 14.3. The van der Waals surface area contributed by atoms with E-state index in [4.69, 9.17) is 21.1 Å². The molecule has 2 atom stereocenters. The van der Waals surface area contributed by atoms with Gasteiger partial charge in [0, 0.05) is 35.4 Å². The third kappa shape index (κ3) is 5.78. The number of amides is 2. The second kappa shape index (κ2) is 11.3. The van der Waals surface area contributed by atoms with Crippen LogP contribution in [0.5, 0.6) is 0 Å². The quantitative estimate of drug-likeness (QED) is 0.612. The standard InChI is InChI=1S/C24H28ClFN2O4/c1-3-18-19(26)5-4-6-20(18)27-23(29)22(28-24(30)31-2)21(16-11-13-32-14-12-16)15-7-9-17(25)10-8-15/h4-10,16,21-22H,3,11-14H2,1-2H3,(H,27,29)(H,28,30)/t21-,22-/m0/s1. The highest BCUT2D eigenvalue weighted by atomic mass is 35.5. The predicted octanol–water partition coefficient (Wildman–Crippen LogP) is 4.92. The van der Waals surface area contributed by atoms with Gasteiger partial charge < -0.3 is 20.1 Å². The van der Waals surface area contributed by atoms with Gasteiger partial charge >= 0.3 is 6.09 Å². The molecule has 0 bridgehead atoms. The van der Waals surface area contributed by atoms with Gasteiger partial charge in [0.05, 0.1) is 7.11 Å². The number of methoxy groups -OCH3 is 1. The number of hydrogen-bond acceptors (Lipinski definition) is 4. The van der Waals surface area contributed by atoms with E-state index in [1.54, 1.807) is 24.3 Å². The van der Waals surface area contributed by atoms with Gasteiger partial charge in [-0.1, -0.05) is 36.7 Å². The zero-order valence-electron chi connectivity index (χ0n) is 18.2. The van der Waals surface area contributed by atoms with Crippen LogP contribution in [0.4, 0.5) is 14.9 Å². The molecular weight excluding hydrogens is 435 g/mol. The lowest BCUT2D eigenvalue weighted by atomic mass is 9.76. The minimum absolute atomic E-state index is 0.0796. The number of hydrogen-bond donors (Lipinski definition) is 2. The molecule has 2 aromatic carbocycles. The molecule has 1 saturated heterocycles. The second-order valence-corrected chi connectivity index (χ2v) is 8.19. The maximum Gasteiger partial charge on any atom is 0.407 e. The molecule has 1 heterocycles. The number of anilines is 1. The molecule has 2 amide bonds. The first-order chi connectivity index (χ1) is 15.4. The van der Waals surface area contributed by atoms with Crippen molar-refractivity contribution >= 4 is 29.3 Å². The van der Waals surface area contributed by atoms with Crippen molar-refractivity contribution in [1.82, 2.24) is 5.32 Å². The summed E-state index contributed by atoms with van der Waals surface area (Å²) in [6, 6.07) is 10.9. The number of carbonyl (C=O) groups excluding carboxylic acids is 2. The smallest absolute Gasteiger partial charge is 0.407 e. The normalized spacial score (nSPS) is 16.1. The zero-order chi connectivity index (χ0) is 23.1. The summed E-state index contributed by atoms with van der Waals surface area (Å²) in [6.45, 7) is 2.97. The van der Waals surface area contributed by atoms with E-state index in [1.165, 1.54) is 13.2 Å². The lowest BCUT2D eigenvalue weighted by Crippen LogP contribution is -2.50. The third-order valence-electron chi connectivity index (χ3n) is 5.86. The van der Waals surface area contributed by atoms with Gasteiger partial charge in [0.25, 0.3) is 0 Å². The Kier molecular flexibility index (Phi) is 8.47. The van der Waals surface area contributed by atoms with Crippen LogP contribution in [0, 0.1) is 11.7 Å². The van der Waals surface area contributed by atoms with E-state index in [-0.39, 0.29) is 17.7 Å². The van der Waals surface area contributed by atoms with Gasteiger partial charge in [0.15, 0.2) is 0 Å². The number of nitrogens with one attached hydrogen (secondary N) is 2. The molecule has 0 spiro atoms. The summed E-state index contributed by atoms with van der Waals surface area (Å²) >= 11 is 6.08. The summed E-state index contributed by atoms with van der Waals surface area (Å²) in [7, 11) is 1.25. The van der Waals surface area contributed by atoms with Crippen molar-refractivity contribution in [2.75, 3.05) is 25.6 Å². The highest BCUT2D eigenvalue weighted by Gasteiger charge is 2.38. The number of rotatable bonds is 7. The van der Waals surface area contributed by atoms with Crippen molar-refractivity contribution in [3.05, 3.63) is 64.4 Å². The van der Waals surface area contributed by atoms with Gasteiger partial charge in [-0.05, 0) is 55.0 Å². The lowest BCUT2D eigenvalue weighted by Gasteiger charge is -2.35. The number of alkyl carbamates (subject to hydrolysis) is 1. The van der Waals surface area contributed by atoms with Crippen LogP contribution in [-0.4, -0.2) is 38.4 Å². The Morgan fingerprint density at radius 2 is 1.88 bits per heavy atom. The number of benzene rings is 2. The number of carbonyl (C=O) groups is 2. The van der Waals surface area contributed by atoms with Gasteiger partial charge in [0.1, 0.15) is 11.9 Å². The Bertz CT molecular complexity index is 932.